The highest BCUT2D eigenvalue weighted by Crippen LogP contribution is 2.14. The Bertz CT molecular complexity index is 1380. The van der Waals surface area contributed by atoms with Crippen molar-refractivity contribution in [2.75, 3.05) is 78.5 Å². The van der Waals surface area contributed by atoms with Gasteiger partial charge in [0.15, 0.2) is 0 Å². The molecular weight excluding hydrogens is 642 g/mol. The van der Waals surface area contributed by atoms with E-state index in [1.54, 1.807) is 32.9 Å². The van der Waals surface area contributed by atoms with Gasteiger partial charge in [-0.1, -0.05) is 18.2 Å². The fourth-order valence-corrected chi connectivity index (χ4v) is 6.42. The van der Waals surface area contributed by atoms with Gasteiger partial charge in [0.25, 0.3) is 17.7 Å². The van der Waals surface area contributed by atoms with Gasteiger partial charge in [-0.2, -0.15) is 0 Å². The van der Waals surface area contributed by atoms with E-state index in [0.717, 1.165) is 56.4 Å². The van der Waals surface area contributed by atoms with Crippen LogP contribution in [-0.2, 0) is 19.6 Å². The first-order chi connectivity index (χ1) is 24.7. The molecule has 4 rings (SSSR count). The first-order valence-corrected chi connectivity index (χ1v) is 18.7. The van der Waals surface area contributed by atoms with E-state index >= 15 is 0 Å². The third-order valence-electron chi connectivity index (χ3n) is 9.58. The molecule has 1 fully saturated rings. The summed E-state index contributed by atoms with van der Waals surface area (Å²) in [6.07, 6.45) is 0. The van der Waals surface area contributed by atoms with Crippen LogP contribution in [0.3, 0.4) is 0 Å². The Morgan fingerprint density at radius 3 is 0.902 bits per heavy atom. The van der Waals surface area contributed by atoms with Crippen LogP contribution in [0, 0.1) is 0 Å². The second kappa shape index (κ2) is 20.0. The van der Waals surface area contributed by atoms with Gasteiger partial charge in [-0.15, -0.1) is 0 Å². The maximum Gasteiger partial charge on any atom is 0.272 e. The Kier molecular flexibility index (Phi) is 15.5. The van der Waals surface area contributed by atoms with Gasteiger partial charge >= 0.3 is 0 Å². The van der Waals surface area contributed by atoms with Crippen molar-refractivity contribution in [3.63, 3.8) is 0 Å². The molecule has 51 heavy (non-hydrogen) atoms. The molecule has 12 heteroatoms. The Morgan fingerprint density at radius 2 is 0.686 bits per heavy atom. The topological polar surface area (TPSA) is 109 Å². The van der Waals surface area contributed by atoms with Crippen LogP contribution in [0.4, 0.5) is 0 Å². The van der Waals surface area contributed by atoms with Gasteiger partial charge in [-0.3, -0.25) is 29.1 Å². The molecule has 1 saturated heterocycles. The second-order valence-corrected chi connectivity index (χ2v) is 12.8. The summed E-state index contributed by atoms with van der Waals surface area (Å²) < 4.78 is 0. The minimum atomic E-state index is -0.0490. The monoisotopic (exact) mass is 699 g/mol. The van der Waals surface area contributed by atoms with E-state index in [0.29, 0.717) is 76.0 Å². The van der Waals surface area contributed by atoms with E-state index in [-0.39, 0.29) is 17.7 Å². The molecule has 0 aromatic carbocycles. The standard InChI is InChI=1S/C39H57N9O3/c1-7-46(8-2)37(49)34-19-13-16-31(40-34)28-43-22-24-44(29-32-17-14-20-35(41-32)38(50)47(9-3)10-4)26-27-45(25-23-43)30-33-18-15-21-36(42-33)39(51)48(11-5)12-6/h13-21H,7-12,22-30H2,1-6H3. The van der Waals surface area contributed by atoms with Crippen molar-refractivity contribution in [2.24, 2.45) is 0 Å². The van der Waals surface area contributed by atoms with Crippen molar-refractivity contribution >= 4 is 17.7 Å². The Morgan fingerprint density at radius 1 is 0.451 bits per heavy atom. The molecule has 3 aromatic heterocycles. The third kappa shape index (κ3) is 11.1. The van der Waals surface area contributed by atoms with Crippen molar-refractivity contribution in [2.45, 2.75) is 61.2 Å². The summed E-state index contributed by atoms with van der Waals surface area (Å²) in [5.74, 6) is -0.147. The highest BCUT2D eigenvalue weighted by atomic mass is 16.2. The minimum absolute atomic E-state index is 0.0490. The molecule has 0 aliphatic carbocycles. The normalized spacial score (nSPS) is 14.7. The van der Waals surface area contributed by atoms with Gasteiger partial charge in [0, 0.05) is 98.2 Å². The zero-order valence-electron chi connectivity index (χ0n) is 31.6. The molecule has 1 aliphatic heterocycles. The molecular formula is C39H57N9O3. The Balaban J connectivity index is 1.56. The molecule has 0 radical (unpaired) electrons. The molecule has 0 N–H and O–H groups in total. The van der Waals surface area contributed by atoms with E-state index in [1.807, 2.05) is 77.9 Å². The number of hydrogen-bond acceptors (Lipinski definition) is 9. The van der Waals surface area contributed by atoms with Crippen molar-refractivity contribution in [3.8, 4) is 0 Å². The smallest absolute Gasteiger partial charge is 0.272 e. The maximum absolute atomic E-state index is 13.1. The minimum Gasteiger partial charge on any atom is -0.338 e. The Labute approximate surface area is 304 Å². The van der Waals surface area contributed by atoms with Crippen LogP contribution >= 0.6 is 0 Å². The van der Waals surface area contributed by atoms with Gasteiger partial charge in [0.2, 0.25) is 0 Å². The van der Waals surface area contributed by atoms with E-state index in [4.69, 9.17) is 15.0 Å². The van der Waals surface area contributed by atoms with E-state index in [2.05, 4.69) is 14.7 Å². The highest BCUT2D eigenvalue weighted by Gasteiger charge is 2.22. The molecule has 0 unspecified atom stereocenters. The number of amides is 3. The zero-order chi connectivity index (χ0) is 36.8. The molecule has 0 atom stereocenters. The summed E-state index contributed by atoms with van der Waals surface area (Å²) in [6.45, 7) is 22.4. The van der Waals surface area contributed by atoms with Gasteiger partial charge in [0.05, 0.1) is 17.1 Å². The average Bonchev–Trinajstić information content (AvgIpc) is 3.24. The number of pyridine rings is 3. The summed E-state index contributed by atoms with van der Waals surface area (Å²) in [5.41, 5.74) is 3.99. The lowest BCUT2D eigenvalue weighted by atomic mass is 10.2. The van der Waals surface area contributed by atoms with E-state index in [1.165, 1.54) is 0 Å². The second-order valence-electron chi connectivity index (χ2n) is 12.8. The van der Waals surface area contributed by atoms with Gasteiger partial charge in [-0.05, 0) is 77.9 Å². The highest BCUT2D eigenvalue weighted by molar-refractivity contribution is 5.93. The summed E-state index contributed by atoms with van der Waals surface area (Å²) in [5, 5.41) is 0. The molecule has 3 aromatic rings. The van der Waals surface area contributed by atoms with E-state index < -0.39 is 0 Å². The lowest BCUT2D eigenvalue weighted by Crippen LogP contribution is -2.36. The molecule has 1 aliphatic rings. The molecule has 0 bridgehead atoms. The Hall–Kier alpha value is -4.26. The summed E-state index contributed by atoms with van der Waals surface area (Å²) in [7, 11) is 0. The van der Waals surface area contributed by atoms with Crippen molar-refractivity contribution < 1.29 is 14.4 Å². The van der Waals surface area contributed by atoms with Crippen LogP contribution < -0.4 is 0 Å². The first kappa shape index (κ1) is 39.5. The molecule has 4 heterocycles. The van der Waals surface area contributed by atoms with E-state index in [9.17, 15) is 14.4 Å². The van der Waals surface area contributed by atoms with Crippen molar-refractivity contribution in [3.05, 3.63) is 88.8 Å². The van der Waals surface area contributed by atoms with Gasteiger partial charge in [-0.25, -0.2) is 15.0 Å². The van der Waals surface area contributed by atoms with Crippen LogP contribution in [0.2, 0.25) is 0 Å². The average molecular weight is 700 g/mol. The van der Waals surface area contributed by atoms with Crippen molar-refractivity contribution in [1.29, 1.82) is 0 Å². The molecule has 276 valence electrons. The number of aromatic nitrogens is 3. The number of carbonyl (C=O) groups excluding carboxylic acids is 3. The lowest BCUT2D eigenvalue weighted by molar-refractivity contribution is 0.0758. The predicted octanol–water partition coefficient (Wildman–Crippen LogP) is 4.14. The first-order valence-electron chi connectivity index (χ1n) is 18.7. The lowest BCUT2D eigenvalue weighted by Gasteiger charge is -2.26. The third-order valence-corrected chi connectivity index (χ3v) is 9.58. The fourth-order valence-electron chi connectivity index (χ4n) is 6.42. The molecule has 0 spiro atoms. The number of hydrogen-bond donors (Lipinski definition) is 0. The maximum atomic E-state index is 13.1. The molecule has 0 saturated carbocycles. The molecule has 3 amide bonds. The SMILES string of the molecule is CCN(CC)C(=O)c1cccc(CN2CCN(Cc3cccc(C(=O)N(CC)CC)n3)CCN(Cc3cccc(C(=O)N(CC)CC)n3)CC2)n1. The van der Waals surface area contributed by atoms with Crippen molar-refractivity contribution in [1.82, 2.24) is 44.4 Å². The summed E-state index contributed by atoms with van der Waals surface area (Å²) in [6, 6.07) is 17.1. The van der Waals surface area contributed by atoms with Gasteiger partial charge in [0.1, 0.15) is 17.1 Å². The van der Waals surface area contributed by atoms with Crippen LogP contribution in [0.1, 0.15) is 90.1 Å². The van der Waals surface area contributed by atoms with Crippen LogP contribution in [0.25, 0.3) is 0 Å². The van der Waals surface area contributed by atoms with Gasteiger partial charge < -0.3 is 14.7 Å². The number of carbonyl (C=O) groups is 3. The predicted molar refractivity (Wildman–Crippen MR) is 200 cm³/mol. The van der Waals surface area contributed by atoms with Crippen LogP contribution in [0.15, 0.2) is 54.6 Å². The summed E-state index contributed by atoms with van der Waals surface area (Å²) >= 11 is 0. The zero-order valence-corrected chi connectivity index (χ0v) is 31.6. The number of rotatable bonds is 15. The summed E-state index contributed by atoms with van der Waals surface area (Å²) in [4.78, 5) is 66.2. The fraction of sp³-hybridized carbons (Fsp3) is 0.538. The molecule has 12 nitrogen and oxygen atoms in total. The quantitative estimate of drug-likeness (QED) is 0.231. The number of nitrogens with zero attached hydrogens (tertiary/aromatic N) is 9. The van der Waals surface area contributed by atoms with Crippen LogP contribution in [0.5, 0.6) is 0 Å². The largest absolute Gasteiger partial charge is 0.338 e. The van der Waals surface area contributed by atoms with Crippen LogP contribution in [-0.4, -0.2) is 141 Å².